The standard InChI is InChI=1S/C24H32N6O4/c1-15(31)30-10-6-7-17(14-30)29(4)20-12-22(26-13-19(20)23(25)32)27-16-8-9-18(21(11-16)34-5)24(33)28(2)3/h8-9,11-13,17H,6-7,10,14H2,1-5H3,(H2,25,32)(H,26,27)/t17-/m1/s1. The van der Waals surface area contributed by atoms with E-state index in [1.54, 1.807) is 45.3 Å². The maximum atomic E-state index is 12.4. The highest BCUT2D eigenvalue weighted by atomic mass is 16.5. The van der Waals surface area contributed by atoms with Gasteiger partial charge < -0.3 is 30.5 Å². The number of carbonyl (C=O) groups is 3. The lowest BCUT2D eigenvalue weighted by atomic mass is 10.0. The molecule has 34 heavy (non-hydrogen) atoms. The minimum absolute atomic E-state index is 0.0375. The summed E-state index contributed by atoms with van der Waals surface area (Å²) in [4.78, 5) is 46.0. The molecule has 2 aromatic rings. The van der Waals surface area contributed by atoms with E-state index in [1.807, 2.05) is 16.8 Å². The van der Waals surface area contributed by atoms with E-state index in [0.29, 0.717) is 40.6 Å². The highest BCUT2D eigenvalue weighted by molar-refractivity contribution is 5.99. The molecule has 3 N–H and O–H groups in total. The van der Waals surface area contributed by atoms with Crippen LogP contribution in [0.4, 0.5) is 17.2 Å². The minimum Gasteiger partial charge on any atom is -0.496 e. The summed E-state index contributed by atoms with van der Waals surface area (Å²) in [6, 6.07) is 6.97. The molecule has 1 saturated heterocycles. The predicted molar refractivity (Wildman–Crippen MR) is 131 cm³/mol. The number of piperidine rings is 1. The van der Waals surface area contributed by atoms with Gasteiger partial charge in [-0.15, -0.1) is 0 Å². The summed E-state index contributed by atoms with van der Waals surface area (Å²) in [6.45, 7) is 2.88. The fourth-order valence-electron chi connectivity index (χ4n) is 4.08. The van der Waals surface area contributed by atoms with Crippen molar-refractivity contribution in [3.8, 4) is 5.75 Å². The van der Waals surface area contributed by atoms with E-state index in [4.69, 9.17) is 10.5 Å². The maximum absolute atomic E-state index is 12.4. The SMILES string of the molecule is COc1cc(Nc2cc(N(C)[C@@H]3CCCN(C(C)=O)C3)c(C(N)=O)cn2)ccc1C(=O)N(C)C. The molecule has 2 heterocycles. The van der Waals surface area contributed by atoms with Crippen LogP contribution in [-0.2, 0) is 4.79 Å². The van der Waals surface area contributed by atoms with E-state index in [1.165, 1.54) is 18.2 Å². The zero-order valence-corrected chi connectivity index (χ0v) is 20.3. The molecule has 1 fully saturated rings. The van der Waals surface area contributed by atoms with Crippen molar-refractivity contribution >= 4 is 34.9 Å². The highest BCUT2D eigenvalue weighted by Crippen LogP contribution is 2.30. The van der Waals surface area contributed by atoms with Crippen LogP contribution in [0, 0.1) is 0 Å². The molecule has 1 aliphatic heterocycles. The Morgan fingerprint density at radius 2 is 1.91 bits per heavy atom. The van der Waals surface area contributed by atoms with E-state index in [9.17, 15) is 14.4 Å². The number of amides is 3. The molecule has 3 rings (SSSR count). The predicted octanol–water partition coefficient (Wildman–Crippen LogP) is 2.08. The zero-order chi connectivity index (χ0) is 25.0. The summed E-state index contributed by atoms with van der Waals surface area (Å²) in [5.41, 5.74) is 7.67. The molecule has 3 amide bonds. The average molecular weight is 469 g/mol. The van der Waals surface area contributed by atoms with Crippen molar-refractivity contribution in [3.05, 3.63) is 41.6 Å². The second-order valence-electron chi connectivity index (χ2n) is 8.56. The number of primary amides is 1. The van der Waals surface area contributed by atoms with Crippen molar-refractivity contribution in [1.29, 1.82) is 0 Å². The molecule has 0 saturated carbocycles. The third-order valence-electron chi connectivity index (χ3n) is 6.03. The first-order valence-corrected chi connectivity index (χ1v) is 11.1. The van der Waals surface area contributed by atoms with E-state index in [0.717, 1.165) is 19.4 Å². The Labute approximate surface area is 199 Å². The van der Waals surface area contributed by atoms with Crippen LogP contribution in [-0.4, -0.2) is 79.9 Å². The number of rotatable bonds is 7. The first kappa shape index (κ1) is 24.8. The van der Waals surface area contributed by atoms with Crippen LogP contribution in [0.2, 0.25) is 0 Å². The summed E-state index contributed by atoms with van der Waals surface area (Å²) in [6.07, 6.45) is 3.22. The van der Waals surface area contributed by atoms with Crippen molar-refractivity contribution in [2.24, 2.45) is 5.73 Å². The van der Waals surface area contributed by atoms with Gasteiger partial charge >= 0.3 is 0 Å². The number of anilines is 3. The number of nitrogens with two attached hydrogens (primary N) is 1. The number of hydrogen-bond donors (Lipinski definition) is 2. The van der Waals surface area contributed by atoms with Crippen molar-refractivity contribution in [2.45, 2.75) is 25.8 Å². The van der Waals surface area contributed by atoms with Gasteiger partial charge in [-0.25, -0.2) is 4.98 Å². The third kappa shape index (κ3) is 5.38. The van der Waals surface area contributed by atoms with Crippen LogP contribution in [0.1, 0.15) is 40.5 Å². The van der Waals surface area contributed by atoms with Gasteiger partial charge in [0.05, 0.1) is 23.9 Å². The number of likely N-dealkylation sites (tertiary alicyclic amines) is 1. The molecule has 10 nitrogen and oxygen atoms in total. The normalized spacial score (nSPS) is 15.4. The monoisotopic (exact) mass is 468 g/mol. The number of carbonyl (C=O) groups excluding carboxylic acids is 3. The first-order chi connectivity index (χ1) is 16.1. The van der Waals surface area contributed by atoms with Crippen LogP contribution in [0.5, 0.6) is 5.75 Å². The molecule has 0 aliphatic carbocycles. The van der Waals surface area contributed by atoms with Gasteiger partial charge in [0.15, 0.2) is 0 Å². The van der Waals surface area contributed by atoms with Gasteiger partial charge in [0, 0.05) is 71.2 Å². The summed E-state index contributed by atoms with van der Waals surface area (Å²) >= 11 is 0. The molecule has 10 heteroatoms. The fourth-order valence-corrected chi connectivity index (χ4v) is 4.08. The zero-order valence-electron chi connectivity index (χ0n) is 20.3. The topological polar surface area (TPSA) is 121 Å². The number of aromatic nitrogens is 1. The lowest BCUT2D eigenvalue weighted by Crippen LogP contribution is -2.48. The second kappa shape index (κ2) is 10.4. The molecule has 1 aromatic carbocycles. The van der Waals surface area contributed by atoms with Crippen LogP contribution < -0.4 is 20.7 Å². The van der Waals surface area contributed by atoms with Crippen molar-refractivity contribution in [2.75, 3.05) is 51.6 Å². The van der Waals surface area contributed by atoms with E-state index < -0.39 is 5.91 Å². The largest absolute Gasteiger partial charge is 0.496 e. The number of likely N-dealkylation sites (N-methyl/N-ethyl adjacent to an activating group) is 1. The first-order valence-electron chi connectivity index (χ1n) is 11.1. The molecule has 1 aromatic heterocycles. The Kier molecular flexibility index (Phi) is 7.60. The van der Waals surface area contributed by atoms with Crippen LogP contribution in [0.25, 0.3) is 0 Å². The Bertz CT molecular complexity index is 1090. The smallest absolute Gasteiger partial charge is 0.257 e. The lowest BCUT2D eigenvalue weighted by Gasteiger charge is -2.38. The minimum atomic E-state index is -0.576. The van der Waals surface area contributed by atoms with E-state index in [2.05, 4.69) is 10.3 Å². The lowest BCUT2D eigenvalue weighted by molar-refractivity contribution is -0.129. The molecule has 0 radical (unpaired) electrons. The summed E-state index contributed by atoms with van der Waals surface area (Å²) in [5, 5.41) is 3.21. The molecule has 0 bridgehead atoms. The van der Waals surface area contributed by atoms with Crippen molar-refractivity contribution < 1.29 is 19.1 Å². The number of pyridine rings is 1. The second-order valence-corrected chi connectivity index (χ2v) is 8.56. The van der Waals surface area contributed by atoms with E-state index in [-0.39, 0.29) is 17.9 Å². The molecule has 1 aliphatic rings. The quantitative estimate of drug-likeness (QED) is 0.638. The van der Waals surface area contributed by atoms with Crippen LogP contribution >= 0.6 is 0 Å². The molecular formula is C24H32N6O4. The Balaban J connectivity index is 1.90. The Morgan fingerprint density at radius 3 is 2.53 bits per heavy atom. The molecular weight excluding hydrogens is 436 g/mol. The van der Waals surface area contributed by atoms with Gasteiger partial charge in [-0.3, -0.25) is 14.4 Å². The van der Waals surface area contributed by atoms with Crippen LogP contribution in [0.3, 0.4) is 0 Å². The number of nitrogens with zero attached hydrogens (tertiary/aromatic N) is 4. The van der Waals surface area contributed by atoms with Gasteiger partial charge in [-0.2, -0.15) is 0 Å². The molecule has 1 atom stereocenters. The number of methoxy groups -OCH3 is 1. The molecule has 0 unspecified atom stereocenters. The number of hydrogen-bond acceptors (Lipinski definition) is 7. The van der Waals surface area contributed by atoms with Gasteiger partial charge in [-0.1, -0.05) is 0 Å². The summed E-state index contributed by atoms with van der Waals surface area (Å²) in [5.74, 6) is 0.230. The number of nitrogens with one attached hydrogen (secondary N) is 1. The van der Waals surface area contributed by atoms with Crippen LogP contribution in [0.15, 0.2) is 30.5 Å². The number of benzene rings is 1. The Hall–Kier alpha value is -3.82. The molecule has 0 spiro atoms. The Morgan fingerprint density at radius 1 is 1.18 bits per heavy atom. The van der Waals surface area contributed by atoms with Gasteiger partial charge in [-0.05, 0) is 25.0 Å². The average Bonchev–Trinajstić information content (AvgIpc) is 2.82. The van der Waals surface area contributed by atoms with Gasteiger partial charge in [0.2, 0.25) is 5.91 Å². The number of ether oxygens (including phenoxy) is 1. The summed E-state index contributed by atoms with van der Waals surface area (Å²) in [7, 11) is 6.76. The van der Waals surface area contributed by atoms with Crippen molar-refractivity contribution in [3.63, 3.8) is 0 Å². The highest BCUT2D eigenvalue weighted by Gasteiger charge is 2.27. The van der Waals surface area contributed by atoms with Crippen molar-refractivity contribution in [1.82, 2.24) is 14.8 Å². The molecule has 182 valence electrons. The maximum Gasteiger partial charge on any atom is 0.257 e. The van der Waals surface area contributed by atoms with Gasteiger partial charge in [0.25, 0.3) is 11.8 Å². The summed E-state index contributed by atoms with van der Waals surface area (Å²) < 4.78 is 5.41. The van der Waals surface area contributed by atoms with E-state index >= 15 is 0 Å². The fraction of sp³-hybridized carbons (Fsp3) is 0.417. The van der Waals surface area contributed by atoms with Gasteiger partial charge in [0.1, 0.15) is 11.6 Å². The third-order valence-corrected chi connectivity index (χ3v) is 6.03.